The summed E-state index contributed by atoms with van der Waals surface area (Å²) in [5, 5.41) is 9.43. The Hall–Kier alpha value is -1.86. The van der Waals surface area contributed by atoms with Crippen molar-refractivity contribution in [2.24, 2.45) is 0 Å². The first-order chi connectivity index (χ1) is 9.56. The van der Waals surface area contributed by atoms with Crippen LogP contribution in [-0.4, -0.2) is 19.4 Å². The molecule has 0 spiro atoms. The van der Waals surface area contributed by atoms with Crippen LogP contribution in [0.15, 0.2) is 47.5 Å². The SMILES string of the molecule is COc1ccc(N(C)/C=C/C=C(/C#N)SC(C)C)cc1. The van der Waals surface area contributed by atoms with Crippen molar-refractivity contribution in [1.29, 1.82) is 5.26 Å². The summed E-state index contributed by atoms with van der Waals surface area (Å²) in [6, 6.07) is 10.0. The van der Waals surface area contributed by atoms with Gasteiger partial charge in [0.1, 0.15) is 11.8 Å². The molecule has 0 radical (unpaired) electrons. The molecule has 1 rings (SSSR count). The highest BCUT2D eigenvalue weighted by molar-refractivity contribution is 8.03. The minimum atomic E-state index is 0.411. The molecule has 0 saturated heterocycles. The van der Waals surface area contributed by atoms with Crippen LogP contribution in [0.2, 0.25) is 0 Å². The molecule has 0 aliphatic rings. The zero-order chi connectivity index (χ0) is 15.0. The van der Waals surface area contributed by atoms with Gasteiger partial charge in [0.05, 0.1) is 12.0 Å². The maximum atomic E-state index is 9.01. The zero-order valence-electron chi connectivity index (χ0n) is 12.3. The fourth-order valence-electron chi connectivity index (χ4n) is 1.52. The van der Waals surface area contributed by atoms with Gasteiger partial charge in [-0.05, 0) is 36.4 Å². The number of thioether (sulfide) groups is 1. The van der Waals surface area contributed by atoms with E-state index < -0.39 is 0 Å². The fraction of sp³-hybridized carbons (Fsp3) is 0.312. The molecule has 1 aromatic rings. The predicted octanol–water partition coefficient (Wildman–Crippen LogP) is 4.19. The molecule has 0 atom stereocenters. The van der Waals surface area contributed by atoms with E-state index in [0.717, 1.165) is 16.3 Å². The van der Waals surface area contributed by atoms with E-state index in [2.05, 4.69) is 19.9 Å². The lowest BCUT2D eigenvalue weighted by atomic mass is 10.3. The number of nitrogens with zero attached hydrogens (tertiary/aromatic N) is 2. The largest absolute Gasteiger partial charge is 0.497 e. The van der Waals surface area contributed by atoms with Crippen LogP contribution in [0.1, 0.15) is 13.8 Å². The maximum Gasteiger partial charge on any atom is 0.119 e. The first kappa shape index (κ1) is 16.2. The summed E-state index contributed by atoms with van der Waals surface area (Å²) in [4.78, 5) is 2.71. The molecule has 0 unspecified atom stereocenters. The van der Waals surface area contributed by atoms with Crippen LogP contribution in [0, 0.1) is 11.3 Å². The van der Waals surface area contributed by atoms with Gasteiger partial charge in [0.15, 0.2) is 0 Å². The number of ether oxygens (including phenoxy) is 1. The molecule has 0 fully saturated rings. The smallest absolute Gasteiger partial charge is 0.119 e. The number of nitriles is 1. The summed E-state index contributed by atoms with van der Waals surface area (Å²) in [7, 11) is 3.62. The molecule has 1 aromatic carbocycles. The van der Waals surface area contributed by atoms with Crippen LogP contribution in [0.25, 0.3) is 0 Å². The molecule has 106 valence electrons. The van der Waals surface area contributed by atoms with Gasteiger partial charge in [-0.25, -0.2) is 0 Å². The van der Waals surface area contributed by atoms with Crippen LogP contribution in [0.4, 0.5) is 5.69 Å². The number of rotatable bonds is 6. The Morgan fingerprint density at radius 1 is 1.35 bits per heavy atom. The molecule has 0 heterocycles. The van der Waals surface area contributed by atoms with E-state index in [-0.39, 0.29) is 0 Å². The third-order valence-electron chi connectivity index (χ3n) is 2.51. The van der Waals surface area contributed by atoms with E-state index in [1.807, 2.05) is 54.6 Å². The fourth-order valence-corrected chi connectivity index (χ4v) is 2.24. The highest BCUT2D eigenvalue weighted by Crippen LogP contribution is 2.21. The lowest BCUT2D eigenvalue weighted by Crippen LogP contribution is -2.07. The molecule has 0 aromatic heterocycles. The number of anilines is 1. The van der Waals surface area contributed by atoms with E-state index in [9.17, 15) is 0 Å². The van der Waals surface area contributed by atoms with E-state index in [4.69, 9.17) is 10.00 Å². The van der Waals surface area contributed by atoms with Gasteiger partial charge in [-0.1, -0.05) is 13.8 Å². The summed E-state index contributed by atoms with van der Waals surface area (Å²) in [6.45, 7) is 4.14. The lowest BCUT2D eigenvalue weighted by Gasteiger charge is -2.14. The van der Waals surface area contributed by atoms with E-state index in [1.165, 1.54) is 0 Å². The van der Waals surface area contributed by atoms with Gasteiger partial charge in [-0.3, -0.25) is 0 Å². The quantitative estimate of drug-likeness (QED) is 0.581. The topological polar surface area (TPSA) is 36.3 Å². The normalized spacial score (nSPS) is 11.7. The molecule has 0 saturated carbocycles. The summed E-state index contributed by atoms with van der Waals surface area (Å²) in [5.74, 6) is 0.839. The average molecular weight is 288 g/mol. The van der Waals surface area contributed by atoms with Crippen molar-refractivity contribution in [3.8, 4) is 11.8 Å². The van der Waals surface area contributed by atoms with E-state index >= 15 is 0 Å². The lowest BCUT2D eigenvalue weighted by molar-refractivity contribution is 0.415. The van der Waals surface area contributed by atoms with Gasteiger partial charge >= 0.3 is 0 Å². The van der Waals surface area contributed by atoms with Crippen molar-refractivity contribution >= 4 is 17.4 Å². The van der Waals surface area contributed by atoms with Crippen molar-refractivity contribution < 1.29 is 4.74 Å². The Morgan fingerprint density at radius 3 is 2.50 bits per heavy atom. The van der Waals surface area contributed by atoms with E-state index in [1.54, 1.807) is 18.9 Å². The molecule has 20 heavy (non-hydrogen) atoms. The molecular formula is C16H20N2OS. The molecular weight excluding hydrogens is 268 g/mol. The summed E-state index contributed by atoms with van der Waals surface area (Å²) < 4.78 is 5.13. The number of hydrogen-bond donors (Lipinski definition) is 0. The third-order valence-corrected chi connectivity index (χ3v) is 3.46. The molecule has 3 nitrogen and oxygen atoms in total. The maximum absolute atomic E-state index is 9.01. The number of methoxy groups -OCH3 is 1. The molecule has 0 aliphatic heterocycles. The highest BCUT2D eigenvalue weighted by atomic mass is 32.2. The van der Waals surface area contributed by atoms with Crippen LogP contribution in [0.5, 0.6) is 5.75 Å². The van der Waals surface area contributed by atoms with Crippen LogP contribution < -0.4 is 9.64 Å². The van der Waals surface area contributed by atoms with Crippen LogP contribution in [-0.2, 0) is 0 Å². The Balaban J connectivity index is 2.68. The van der Waals surface area contributed by atoms with Gasteiger partial charge in [-0.15, -0.1) is 11.8 Å². The van der Waals surface area contributed by atoms with Crippen molar-refractivity contribution in [2.75, 3.05) is 19.1 Å². The first-order valence-electron chi connectivity index (χ1n) is 6.39. The Morgan fingerprint density at radius 2 is 2.00 bits per heavy atom. The zero-order valence-corrected chi connectivity index (χ0v) is 13.1. The van der Waals surface area contributed by atoms with Gasteiger partial charge in [0, 0.05) is 24.2 Å². The first-order valence-corrected chi connectivity index (χ1v) is 7.27. The molecule has 0 bridgehead atoms. The molecule has 0 N–H and O–H groups in total. The predicted molar refractivity (Wildman–Crippen MR) is 87.0 cm³/mol. The number of benzene rings is 1. The summed E-state index contributed by atoms with van der Waals surface area (Å²) >= 11 is 1.57. The summed E-state index contributed by atoms with van der Waals surface area (Å²) in [5.41, 5.74) is 1.06. The molecule has 4 heteroatoms. The number of hydrogen-bond acceptors (Lipinski definition) is 4. The number of allylic oxidation sites excluding steroid dienone is 3. The monoisotopic (exact) mass is 288 g/mol. The standard InChI is InChI=1S/C16H20N2OS/c1-13(2)20-16(12-17)6-5-11-18(3)14-7-9-15(19-4)10-8-14/h5-11,13H,1-4H3/b11-5+,16-6-. The van der Waals surface area contributed by atoms with Crippen LogP contribution in [0.3, 0.4) is 0 Å². The summed E-state index contributed by atoms with van der Waals surface area (Å²) in [6.07, 6.45) is 5.66. The average Bonchev–Trinajstić information content (AvgIpc) is 2.45. The van der Waals surface area contributed by atoms with Gasteiger partial charge < -0.3 is 9.64 Å². The second-order valence-electron chi connectivity index (χ2n) is 4.46. The second-order valence-corrected chi connectivity index (χ2v) is 6.08. The Labute approximate surface area is 125 Å². The highest BCUT2D eigenvalue weighted by Gasteiger charge is 1.99. The molecule has 0 aliphatic carbocycles. The van der Waals surface area contributed by atoms with Crippen molar-refractivity contribution in [2.45, 2.75) is 19.1 Å². The van der Waals surface area contributed by atoms with E-state index in [0.29, 0.717) is 5.25 Å². The molecule has 0 amide bonds. The van der Waals surface area contributed by atoms with Gasteiger partial charge in [0.2, 0.25) is 0 Å². The minimum Gasteiger partial charge on any atom is -0.497 e. The van der Waals surface area contributed by atoms with Crippen molar-refractivity contribution in [3.63, 3.8) is 0 Å². The second kappa shape index (κ2) is 8.34. The van der Waals surface area contributed by atoms with Crippen LogP contribution >= 0.6 is 11.8 Å². The van der Waals surface area contributed by atoms with Gasteiger partial charge in [-0.2, -0.15) is 5.26 Å². The van der Waals surface area contributed by atoms with Gasteiger partial charge in [0.25, 0.3) is 0 Å². The minimum absolute atomic E-state index is 0.411. The van der Waals surface area contributed by atoms with Crippen molar-refractivity contribution in [1.82, 2.24) is 0 Å². The Kier molecular flexibility index (Phi) is 6.75. The van der Waals surface area contributed by atoms with Crippen molar-refractivity contribution in [3.05, 3.63) is 47.5 Å². The Bertz CT molecular complexity index is 512. The third kappa shape index (κ3) is 5.41.